The molecule has 2 aliphatic rings. The first-order valence-electron chi connectivity index (χ1n) is 7.71. The van der Waals surface area contributed by atoms with Crippen molar-refractivity contribution < 1.29 is 5.11 Å². The minimum atomic E-state index is -0.0658. The molecule has 1 aromatic heterocycles. The maximum absolute atomic E-state index is 10.1. The highest BCUT2D eigenvalue weighted by molar-refractivity contribution is 5.05. The maximum atomic E-state index is 10.1. The van der Waals surface area contributed by atoms with E-state index in [1.54, 1.807) is 0 Å². The number of hydrogen-bond donors (Lipinski definition) is 1. The van der Waals surface area contributed by atoms with Gasteiger partial charge in [0.1, 0.15) is 0 Å². The summed E-state index contributed by atoms with van der Waals surface area (Å²) in [5.41, 5.74) is 1.31. The number of likely N-dealkylation sites (tertiary alicyclic amines) is 1. The molecule has 0 bridgehead atoms. The average Bonchev–Trinajstić information content (AvgIpc) is 3.10. The molecule has 4 nitrogen and oxygen atoms in total. The number of aliphatic hydroxyl groups is 1. The SMILES string of the molecule is CCn1cc(CN2CCCC2C2CCCC2O)cn1. The van der Waals surface area contributed by atoms with Gasteiger partial charge in [-0.2, -0.15) is 5.10 Å². The maximum Gasteiger partial charge on any atom is 0.0583 e. The van der Waals surface area contributed by atoms with E-state index in [0.29, 0.717) is 12.0 Å². The lowest BCUT2D eigenvalue weighted by Gasteiger charge is -2.30. The van der Waals surface area contributed by atoms with Crippen LogP contribution in [0.2, 0.25) is 0 Å². The second-order valence-corrected chi connectivity index (χ2v) is 6.05. The summed E-state index contributed by atoms with van der Waals surface area (Å²) < 4.78 is 1.99. The molecule has 0 radical (unpaired) electrons. The molecular weight excluding hydrogens is 238 g/mol. The van der Waals surface area contributed by atoms with Crippen LogP contribution >= 0.6 is 0 Å². The van der Waals surface area contributed by atoms with Crippen LogP contribution in [0.4, 0.5) is 0 Å². The van der Waals surface area contributed by atoms with Crippen LogP contribution in [-0.2, 0) is 13.1 Å². The summed E-state index contributed by atoms with van der Waals surface area (Å²) in [4.78, 5) is 2.57. The molecular formula is C15H25N3O. The van der Waals surface area contributed by atoms with Crippen molar-refractivity contribution in [3.05, 3.63) is 18.0 Å². The Hall–Kier alpha value is -0.870. The van der Waals surface area contributed by atoms with Crippen molar-refractivity contribution in [2.75, 3.05) is 6.54 Å². The van der Waals surface area contributed by atoms with E-state index in [9.17, 15) is 5.11 Å². The first kappa shape index (κ1) is 13.1. The monoisotopic (exact) mass is 263 g/mol. The molecule has 3 unspecified atom stereocenters. The molecule has 1 saturated carbocycles. The Morgan fingerprint density at radius 2 is 2.21 bits per heavy atom. The summed E-state index contributed by atoms with van der Waals surface area (Å²) in [5, 5.41) is 14.5. The minimum Gasteiger partial charge on any atom is -0.393 e. The molecule has 2 fully saturated rings. The molecule has 106 valence electrons. The molecule has 0 amide bonds. The van der Waals surface area contributed by atoms with Crippen molar-refractivity contribution in [3.8, 4) is 0 Å². The van der Waals surface area contributed by atoms with E-state index in [-0.39, 0.29) is 6.10 Å². The molecule has 1 N–H and O–H groups in total. The highest BCUT2D eigenvalue weighted by Gasteiger charge is 2.38. The summed E-state index contributed by atoms with van der Waals surface area (Å²) in [6, 6.07) is 0.586. The molecule has 0 aromatic carbocycles. The van der Waals surface area contributed by atoms with Gasteiger partial charge in [-0.05, 0) is 39.2 Å². The first-order valence-corrected chi connectivity index (χ1v) is 7.71. The molecule has 3 rings (SSSR count). The number of aliphatic hydroxyl groups excluding tert-OH is 1. The fourth-order valence-electron chi connectivity index (χ4n) is 3.85. The minimum absolute atomic E-state index is 0.0658. The first-order chi connectivity index (χ1) is 9.28. The third kappa shape index (κ3) is 2.70. The molecule has 4 heteroatoms. The van der Waals surface area contributed by atoms with E-state index in [2.05, 4.69) is 23.1 Å². The van der Waals surface area contributed by atoms with E-state index in [1.165, 1.54) is 37.8 Å². The van der Waals surface area contributed by atoms with E-state index in [1.807, 2.05) is 10.9 Å². The van der Waals surface area contributed by atoms with Crippen LogP contribution in [0.5, 0.6) is 0 Å². The van der Waals surface area contributed by atoms with Gasteiger partial charge in [0.25, 0.3) is 0 Å². The Kier molecular flexibility index (Phi) is 3.89. The third-order valence-corrected chi connectivity index (χ3v) is 4.84. The molecule has 1 aliphatic heterocycles. The largest absolute Gasteiger partial charge is 0.393 e. The third-order valence-electron chi connectivity index (χ3n) is 4.84. The van der Waals surface area contributed by atoms with Gasteiger partial charge in [0.05, 0.1) is 12.3 Å². The zero-order valence-corrected chi connectivity index (χ0v) is 11.8. The zero-order valence-electron chi connectivity index (χ0n) is 11.8. The van der Waals surface area contributed by atoms with E-state index in [0.717, 1.165) is 19.5 Å². The topological polar surface area (TPSA) is 41.3 Å². The lowest BCUT2D eigenvalue weighted by molar-refractivity contribution is 0.0718. The van der Waals surface area contributed by atoms with Crippen molar-refractivity contribution in [3.63, 3.8) is 0 Å². The van der Waals surface area contributed by atoms with Crippen LogP contribution in [0.15, 0.2) is 12.4 Å². The smallest absolute Gasteiger partial charge is 0.0583 e. The molecule has 3 atom stereocenters. The zero-order chi connectivity index (χ0) is 13.2. The van der Waals surface area contributed by atoms with Crippen LogP contribution in [-0.4, -0.2) is 38.5 Å². The molecule has 2 heterocycles. The highest BCUT2D eigenvalue weighted by Crippen LogP contribution is 2.36. The van der Waals surface area contributed by atoms with Crippen molar-refractivity contribution >= 4 is 0 Å². The fourth-order valence-corrected chi connectivity index (χ4v) is 3.85. The second kappa shape index (κ2) is 5.63. The Labute approximate surface area is 115 Å². The van der Waals surface area contributed by atoms with Crippen molar-refractivity contribution in [2.45, 2.75) is 64.3 Å². The lowest BCUT2D eigenvalue weighted by atomic mass is 9.94. The van der Waals surface area contributed by atoms with Gasteiger partial charge in [0.15, 0.2) is 0 Å². The molecule has 1 aliphatic carbocycles. The van der Waals surface area contributed by atoms with Gasteiger partial charge in [-0.3, -0.25) is 9.58 Å². The average molecular weight is 263 g/mol. The van der Waals surface area contributed by atoms with E-state index in [4.69, 9.17) is 0 Å². The van der Waals surface area contributed by atoms with Gasteiger partial charge in [-0.1, -0.05) is 6.42 Å². The van der Waals surface area contributed by atoms with E-state index >= 15 is 0 Å². The van der Waals surface area contributed by atoms with Crippen molar-refractivity contribution in [2.24, 2.45) is 5.92 Å². The van der Waals surface area contributed by atoms with Gasteiger partial charge < -0.3 is 5.11 Å². The van der Waals surface area contributed by atoms with Crippen LogP contribution in [0.25, 0.3) is 0 Å². The Morgan fingerprint density at radius 3 is 2.89 bits per heavy atom. The van der Waals surface area contributed by atoms with Gasteiger partial charge in [0, 0.05) is 36.8 Å². The fraction of sp³-hybridized carbons (Fsp3) is 0.800. The van der Waals surface area contributed by atoms with Crippen molar-refractivity contribution in [1.82, 2.24) is 14.7 Å². The van der Waals surface area contributed by atoms with Gasteiger partial charge in [-0.15, -0.1) is 0 Å². The number of rotatable bonds is 4. The number of aromatic nitrogens is 2. The molecule has 1 aromatic rings. The summed E-state index contributed by atoms with van der Waals surface area (Å²) in [6.07, 6.45) is 10.0. The predicted molar refractivity (Wildman–Crippen MR) is 74.7 cm³/mol. The van der Waals surface area contributed by atoms with Crippen LogP contribution in [0, 0.1) is 5.92 Å². The van der Waals surface area contributed by atoms with Crippen molar-refractivity contribution in [1.29, 1.82) is 0 Å². The van der Waals surface area contributed by atoms with Crippen LogP contribution < -0.4 is 0 Å². The van der Waals surface area contributed by atoms with Crippen LogP contribution in [0.3, 0.4) is 0 Å². The molecule has 0 spiro atoms. The second-order valence-electron chi connectivity index (χ2n) is 6.05. The van der Waals surface area contributed by atoms with Gasteiger partial charge >= 0.3 is 0 Å². The Bertz CT molecular complexity index is 417. The summed E-state index contributed by atoms with van der Waals surface area (Å²) in [7, 11) is 0. The summed E-state index contributed by atoms with van der Waals surface area (Å²) >= 11 is 0. The number of hydrogen-bond acceptors (Lipinski definition) is 3. The highest BCUT2D eigenvalue weighted by atomic mass is 16.3. The van der Waals surface area contributed by atoms with Gasteiger partial charge in [-0.25, -0.2) is 0 Å². The number of aryl methyl sites for hydroxylation is 1. The summed E-state index contributed by atoms with van der Waals surface area (Å²) in [6.45, 7) is 5.22. The Balaban J connectivity index is 1.65. The Morgan fingerprint density at radius 1 is 1.32 bits per heavy atom. The number of nitrogens with zero attached hydrogens (tertiary/aromatic N) is 3. The lowest BCUT2D eigenvalue weighted by Crippen LogP contribution is -2.38. The normalized spacial score (nSPS) is 32.2. The summed E-state index contributed by atoms with van der Waals surface area (Å²) in [5.74, 6) is 0.503. The van der Waals surface area contributed by atoms with Crippen LogP contribution in [0.1, 0.15) is 44.6 Å². The molecule has 19 heavy (non-hydrogen) atoms. The quantitative estimate of drug-likeness (QED) is 0.903. The molecule has 1 saturated heterocycles. The predicted octanol–water partition coefficient (Wildman–Crippen LogP) is 2.03. The van der Waals surface area contributed by atoms with E-state index < -0.39 is 0 Å². The standard InChI is InChI=1S/C15H25N3O/c1-2-18-11-12(9-16-18)10-17-8-4-6-14(17)13-5-3-7-15(13)19/h9,11,13-15,19H,2-8,10H2,1H3. The van der Waals surface area contributed by atoms with Gasteiger partial charge in [0.2, 0.25) is 0 Å².